The minimum Gasteiger partial charge on any atom is -0.497 e. The number of nitrogens with one attached hydrogen (secondary N) is 1. The molecule has 108 valence electrons. The molecule has 6 nitrogen and oxygen atoms in total. The Labute approximate surface area is 129 Å². The molecule has 0 atom stereocenters. The van der Waals surface area contributed by atoms with Crippen molar-refractivity contribution < 1.29 is 14.5 Å². The zero-order chi connectivity index (χ0) is 15.4. The number of benzene rings is 2. The predicted molar refractivity (Wildman–Crippen MR) is 81.7 cm³/mol. The SMILES string of the molecule is COc1ccc(Br)c(C(=O)Nc2ccccc2[N+](=O)[O-])c1. The molecule has 0 saturated carbocycles. The van der Waals surface area contributed by atoms with Crippen LogP contribution in [0.1, 0.15) is 10.4 Å². The van der Waals surface area contributed by atoms with Crippen LogP contribution in [0.25, 0.3) is 0 Å². The van der Waals surface area contributed by atoms with Crippen LogP contribution < -0.4 is 10.1 Å². The lowest BCUT2D eigenvalue weighted by atomic mass is 10.2. The van der Waals surface area contributed by atoms with E-state index in [1.165, 1.54) is 25.3 Å². The third-order valence-electron chi connectivity index (χ3n) is 2.77. The van der Waals surface area contributed by atoms with Crippen molar-refractivity contribution >= 4 is 33.2 Å². The van der Waals surface area contributed by atoms with Gasteiger partial charge in [0.25, 0.3) is 11.6 Å². The van der Waals surface area contributed by atoms with E-state index >= 15 is 0 Å². The van der Waals surface area contributed by atoms with Crippen molar-refractivity contribution in [3.05, 3.63) is 62.6 Å². The summed E-state index contributed by atoms with van der Waals surface area (Å²) in [7, 11) is 1.49. The quantitative estimate of drug-likeness (QED) is 0.674. The average Bonchev–Trinajstić information content (AvgIpc) is 2.48. The third kappa shape index (κ3) is 3.38. The van der Waals surface area contributed by atoms with Gasteiger partial charge < -0.3 is 10.1 Å². The fourth-order valence-electron chi connectivity index (χ4n) is 1.73. The molecule has 0 saturated heterocycles. The number of rotatable bonds is 4. The van der Waals surface area contributed by atoms with Crippen molar-refractivity contribution in [2.75, 3.05) is 12.4 Å². The Balaban J connectivity index is 2.33. The first kappa shape index (κ1) is 15.0. The fourth-order valence-corrected chi connectivity index (χ4v) is 2.16. The summed E-state index contributed by atoms with van der Waals surface area (Å²) in [6.07, 6.45) is 0. The molecule has 1 amide bonds. The maximum absolute atomic E-state index is 12.3. The second-order valence-electron chi connectivity index (χ2n) is 4.07. The van der Waals surface area contributed by atoms with Gasteiger partial charge in [-0.2, -0.15) is 0 Å². The number of nitro benzene ring substituents is 1. The molecule has 0 aromatic heterocycles. The van der Waals surface area contributed by atoms with E-state index in [0.29, 0.717) is 15.8 Å². The minimum absolute atomic E-state index is 0.141. The van der Waals surface area contributed by atoms with Gasteiger partial charge in [0, 0.05) is 10.5 Å². The highest BCUT2D eigenvalue weighted by Crippen LogP contribution is 2.27. The number of anilines is 1. The van der Waals surface area contributed by atoms with Crippen molar-refractivity contribution in [2.45, 2.75) is 0 Å². The molecular formula is C14H11BrN2O4. The van der Waals surface area contributed by atoms with Crippen LogP contribution in [0.5, 0.6) is 5.75 Å². The van der Waals surface area contributed by atoms with Crippen LogP contribution in [0.4, 0.5) is 11.4 Å². The van der Waals surface area contributed by atoms with Crippen LogP contribution in [-0.2, 0) is 0 Å². The Morgan fingerprint density at radius 1 is 1.29 bits per heavy atom. The number of nitrogens with zero attached hydrogens (tertiary/aromatic N) is 1. The van der Waals surface area contributed by atoms with Gasteiger partial charge in [0.05, 0.1) is 17.6 Å². The van der Waals surface area contributed by atoms with E-state index < -0.39 is 10.8 Å². The minimum atomic E-state index is -0.545. The fraction of sp³-hybridized carbons (Fsp3) is 0.0714. The van der Waals surface area contributed by atoms with E-state index in [2.05, 4.69) is 21.2 Å². The molecule has 0 aliphatic rings. The Bertz CT molecular complexity index is 703. The summed E-state index contributed by atoms with van der Waals surface area (Å²) in [6.45, 7) is 0. The van der Waals surface area contributed by atoms with Crippen LogP contribution in [0.2, 0.25) is 0 Å². The number of hydrogen-bond acceptors (Lipinski definition) is 4. The average molecular weight is 351 g/mol. The Morgan fingerprint density at radius 3 is 2.67 bits per heavy atom. The van der Waals surface area contributed by atoms with Crippen LogP contribution in [0.15, 0.2) is 46.9 Å². The van der Waals surface area contributed by atoms with Crippen LogP contribution in [-0.4, -0.2) is 17.9 Å². The predicted octanol–water partition coefficient (Wildman–Crippen LogP) is 3.62. The normalized spacial score (nSPS) is 10.0. The van der Waals surface area contributed by atoms with Crippen molar-refractivity contribution in [1.82, 2.24) is 0 Å². The third-order valence-corrected chi connectivity index (χ3v) is 3.46. The van der Waals surface area contributed by atoms with Gasteiger partial charge >= 0.3 is 0 Å². The lowest BCUT2D eigenvalue weighted by Crippen LogP contribution is -2.13. The molecule has 2 aromatic rings. The topological polar surface area (TPSA) is 81.5 Å². The Kier molecular flexibility index (Phi) is 4.54. The van der Waals surface area contributed by atoms with Crippen LogP contribution in [0, 0.1) is 10.1 Å². The molecule has 0 fully saturated rings. The first-order valence-corrected chi connectivity index (χ1v) is 6.70. The second kappa shape index (κ2) is 6.36. The number of methoxy groups -OCH3 is 1. The van der Waals surface area contributed by atoms with Gasteiger partial charge in [-0.05, 0) is 40.2 Å². The Hall–Kier alpha value is -2.41. The molecule has 0 spiro atoms. The molecule has 0 aliphatic carbocycles. The van der Waals surface area contributed by atoms with Gasteiger partial charge in [-0.15, -0.1) is 0 Å². The van der Waals surface area contributed by atoms with E-state index in [1.54, 1.807) is 24.3 Å². The van der Waals surface area contributed by atoms with E-state index in [1.807, 2.05) is 0 Å². The Morgan fingerprint density at radius 2 is 2.00 bits per heavy atom. The lowest BCUT2D eigenvalue weighted by Gasteiger charge is -2.09. The number of hydrogen-bond donors (Lipinski definition) is 1. The van der Waals surface area contributed by atoms with Crippen molar-refractivity contribution in [2.24, 2.45) is 0 Å². The van der Waals surface area contributed by atoms with Gasteiger partial charge in [-0.1, -0.05) is 12.1 Å². The molecule has 0 unspecified atom stereocenters. The number of para-hydroxylation sites is 2. The summed E-state index contributed by atoms with van der Waals surface area (Å²) in [5.74, 6) is 0.0565. The molecule has 0 bridgehead atoms. The number of halogens is 1. The first-order chi connectivity index (χ1) is 10.0. The smallest absolute Gasteiger partial charge is 0.292 e. The van der Waals surface area contributed by atoms with E-state index in [4.69, 9.17) is 4.74 Å². The van der Waals surface area contributed by atoms with Crippen molar-refractivity contribution in [3.8, 4) is 5.75 Å². The summed E-state index contributed by atoms with van der Waals surface area (Å²) < 4.78 is 5.63. The molecule has 1 N–H and O–H groups in total. The molecule has 21 heavy (non-hydrogen) atoms. The number of ether oxygens (including phenoxy) is 1. The highest BCUT2D eigenvalue weighted by molar-refractivity contribution is 9.10. The van der Waals surface area contributed by atoms with E-state index in [-0.39, 0.29) is 11.4 Å². The summed E-state index contributed by atoms with van der Waals surface area (Å²) in [6, 6.07) is 10.9. The highest BCUT2D eigenvalue weighted by Gasteiger charge is 2.17. The number of carbonyl (C=O) groups is 1. The standard InChI is InChI=1S/C14H11BrN2O4/c1-21-9-6-7-11(15)10(8-9)14(18)16-12-4-2-3-5-13(12)17(19)20/h2-8H,1H3,(H,16,18). The van der Waals surface area contributed by atoms with Gasteiger partial charge in [0.2, 0.25) is 0 Å². The van der Waals surface area contributed by atoms with Gasteiger partial charge in [-0.3, -0.25) is 14.9 Å². The lowest BCUT2D eigenvalue weighted by molar-refractivity contribution is -0.383. The maximum Gasteiger partial charge on any atom is 0.292 e. The zero-order valence-corrected chi connectivity index (χ0v) is 12.6. The number of carbonyl (C=O) groups excluding carboxylic acids is 1. The highest BCUT2D eigenvalue weighted by atomic mass is 79.9. The van der Waals surface area contributed by atoms with Gasteiger partial charge in [0.15, 0.2) is 0 Å². The summed E-state index contributed by atoms with van der Waals surface area (Å²) in [5.41, 5.74) is 0.305. The van der Waals surface area contributed by atoms with E-state index in [0.717, 1.165) is 0 Å². The molecule has 2 aromatic carbocycles. The summed E-state index contributed by atoms with van der Waals surface area (Å²) in [5, 5.41) is 13.5. The van der Waals surface area contributed by atoms with Crippen LogP contribution >= 0.6 is 15.9 Å². The number of nitro groups is 1. The van der Waals surface area contributed by atoms with Gasteiger partial charge in [0.1, 0.15) is 11.4 Å². The summed E-state index contributed by atoms with van der Waals surface area (Å²) >= 11 is 3.27. The number of amides is 1. The molecule has 0 aliphatic heterocycles. The largest absolute Gasteiger partial charge is 0.497 e. The van der Waals surface area contributed by atoms with E-state index in [9.17, 15) is 14.9 Å². The van der Waals surface area contributed by atoms with Crippen molar-refractivity contribution in [3.63, 3.8) is 0 Å². The molecule has 0 radical (unpaired) electrons. The van der Waals surface area contributed by atoms with Gasteiger partial charge in [-0.25, -0.2) is 0 Å². The summed E-state index contributed by atoms with van der Waals surface area (Å²) in [4.78, 5) is 22.6. The van der Waals surface area contributed by atoms with Crippen LogP contribution in [0.3, 0.4) is 0 Å². The monoisotopic (exact) mass is 350 g/mol. The maximum atomic E-state index is 12.3. The molecule has 7 heteroatoms. The molecule has 0 heterocycles. The zero-order valence-electron chi connectivity index (χ0n) is 11.0. The second-order valence-corrected chi connectivity index (χ2v) is 4.93. The molecule has 2 rings (SSSR count). The van der Waals surface area contributed by atoms with Crippen molar-refractivity contribution in [1.29, 1.82) is 0 Å². The molecular weight excluding hydrogens is 340 g/mol. The first-order valence-electron chi connectivity index (χ1n) is 5.91.